The zero-order valence-corrected chi connectivity index (χ0v) is 12.8. The van der Waals surface area contributed by atoms with Crippen molar-refractivity contribution in [2.75, 3.05) is 6.54 Å². The van der Waals surface area contributed by atoms with Crippen molar-refractivity contribution in [1.29, 1.82) is 0 Å². The summed E-state index contributed by atoms with van der Waals surface area (Å²) < 4.78 is 0. The SMILES string of the molecule is CCc1cnc(C(C)NCC(C)C(C)(C)C)s1. The highest BCUT2D eigenvalue weighted by atomic mass is 32.1. The van der Waals surface area contributed by atoms with Crippen LogP contribution in [-0.2, 0) is 6.42 Å². The molecule has 0 fully saturated rings. The second kappa shape index (κ2) is 5.96. The van der Waals surface area contributed by atoms with Crippen molar-refractivity contribution in [1.82, 2.24) is 10.3 Å². The highest BCUT2D eigenvalue weighted by Gasteiger charge is 2.20. The van der Waals surface area contributed by atoms with E-state index in [-0.39, 0.29) is 0 Å². The highest BCUT2D eigenvalue weighted by Crippen LogP contribution is 2.26. The summed E-state index contributed by atoms with van der Waals surface area (Å²) in [5.41, 5.74) is 0.365. The summed E-state index contributed by atoms with van der Waals surface area (Å²) in [4.78, 5) is 5.86. The van der Waals surface area contributed by atoms with Crippen LogP contribution in [0.4, 0.5) is 0 Å². The molecule has 1 N–H and O–H groups in total. The van der Waals surface area contributed by atoms with E-state index in [9.17, 15) is 0 Å². The molecule has 0 aromatic carbocycles. The minimum Gasteiger partial charge on any atom is -0.308 e. The van der Waals surface area contributed by atoms with E-state index >= 15 is 0 Å². The summed E-state index contributed by atoms with van der Waals surface area (Å²) in [6.07, 6.45) is 3.09. The Morgan fingerprint density at radius 2 is 2.00 bits per heavy atom. The number of rotatable bonds is 5. The third kappa shape index (κ3) is 4.40. The summed E-state index contributed by atoms with van der Waals surface area (Å²) in [5.74, 6) is 0.663. The lowest BCUT2D eigenvalue weighted by atomic mass is 9.82. The van der Waals surface area contributed by atoms with Crippen molar-refractivity contribution >= 4 is 11.3 Å². The van der Waals surface area contributed by atoms with Crippen LogP contribution in [0.25, 0.3) is 0 Å². The van der Waals surface area contributed by atoms with E-state index in [0.717, 1.165) is 13.0 Å². The molecule has 0 saturated carbocycles. The molecule has 2 nitrogen and oxygen atoms in total. The van der Waals surface area contributed by atoms with E-state index in [1.165, 1.54) is 9.88 Å². The smallest absolute Gasteiger partial charge is 0.109 e. The van der Waals surface area contributed by atoms with Gasteiger partial charge in [-0.2, -0.15) is 0 Å². The molecule has 98 valence electrons. The number of aryl methyl sites for hydroxylation is 1. The molecule has 0 radical (unpaired) electrons. The van der Waals surface area contributed by atoms with E-state index in [2.05, 4.69) is 51.8 Å². The largest absolute Gasteiger partial charge is 0.308 e. The minimum atomic E-state index is 0.365. The average molecular weight is 254 g/mol. The molecule has 2 atom stereocenters. The lowest BCUT2D eigenvalue weighted by Crippen LogP contribution is -2.31. The maximum atomic E-state index is 4.48. The highest BCUT2D eigenvalue weighted by molar-refractivity contribution is 7.11. The lowest BCUT2D eigenvalue weighted by molar-refractivity contribution is 0.247. The van der Waals surface area contributed by atoms with Crippen LogP contribution >= 0.6 is 11.3 Å². The first-order valence-electron chi connectivity index (χ1n) is 6.52. The second-order valence-corrected chi connectivity index (χ2v) is 7.06. The van der Waals surface area contributed by atoms with Gasteiger partial charge in [-0.15, -0.1) is 11.3 Å². The zero-order chi connectivity index (χ0) is 13.1. The standard InChI is InChI=1S/C14H26N2S/c1-7-12-9-16-13(17-12)11(3)15-8-10(2)14(4,5)6/h9-11,15H,7-8H2,1-6H3. The molecule has 0 aliphatic heterocycles. The van der Waals surface area contributed by atoms with Gasteiger partial charge in [-0.1, -0.05) is 34.6 Å². The van der Waals surface area contributed by atoms with Gasteiger partial charge in [0.15, 0.2) is 0 Å². The van der Waals surface area contributed by atoms with Crippen LogP contribution in [0.15, 0.2) is 6.20 Å². The Balaban J connectivity index is 2.47. The molecular formula is C14H26N2S. The Bertz CT molecular complexity index is 338. The predicted octanol–water partition coefficient (Wildman–Crippen LogP) is 4.04. The van der Waals surface area contributed by atoms with Crippen LogP contribution in [0.2, 0.25) is 0 Å². The fraction of sp³-hybridized carbons (Fsp3) is 0.786. The first-order valence-corrected chi connectivity index (χ1v) is 7.34. The molecule has 3 heteroatoms. The van der Waals surface area contributed by atoms with Gasteiger partial charge in [-0.25, -0.2) is 4.98 Å². The average Bonchev–Trinajstić information content (AvgIpc) is 2.72. The Morgan fingerprint density at radius 1 is 1.35 bits per heavy atom. The van der Waals surface area contributed by atoms with Gasteiger partial charge in [-0.3, -0.25) is 0 Å². The number of thiazole rings is 1. The van der Waals surface area contributed by atoms with Gasteiger partial charge in [0, 0.05) is 11.1 Å². The summed E-state index contributed by atoms with van der Waals surface area (Å²) in [6.45, 7) is 14.6. The first-order chi connectivity index (χ1) is 7.84. The van der Waals surface area contributed by atoms with Gasteiger partial charge >= 0.3 is 0 Å². The number of nitrogens with one attached hydrogen (secondary N) is 1. The molecule has 0 aliphatic rings. The molecule has 1 aromatic heterocycles. The molecule has 0 spiro atoms. The topological polar surface area (TPSA) is 24.9 Å². The summed E-state index contributed by atoms with van der Waals surface area (Å²) >= 11 is 1.83. The van der Waals surface area contributed by atoms with Crippen LogP contribution in [0.1, 0.15) is 57.5 Å². The molecule has 17 heavy (non-hydrogen) atoms. The summed E-state index contributed by atoms with van der Waals surface area (Å²) in [6, 6.07) is 0.366. The molecule has 2 unspecified atom stereocenters. The van der Waals surface area contributed by atoms with Crippen molar-refractivity contribution in [3.05, 3.63) is 16.1 Å². The molecule has 0 aliphatic carbocycles. The van der Waals surface area contributed by atoms with E-state index in [1.54, 1.807) is 0 Å². The third-order valence-electron chi connectivity index (χ3n) is 3.50. The van der Waals surface area contributed by atoms with Gasteiger partial charge in [0.2, 0.25) is 0 Å². The van der Waals surface area contributed by atoms with E-state index in [0.29, 0.717) is 17.4 Å². The van der Waals surface area contributed by atoms with Crippen molar-refractivity contribution < 1.29 is 0 Å². The maximum Gasteiger partial charge on any atom is 0.109 e. The van der Waals surface area contributed by atoms with Crippen LogP contribution in [-0.4, -0.2) is 11.5 Å². The Hall–Kier alpha value is -0.410. The van der Waals surface area contributed by atoms with Crippen molar-refractivity contribution in [3.8, 4) is 0 Å². The second-order valence-electron chi connectivity index (χ2n) is 5.92. The van der Waals surface area contributed by atoms with Crippen LogP contribution in [0.5, 0.6) is 0 Å². The fourth-order valence-electron chi connectivity index (χ4n) is 1.43. The normalized spacial score (nSPS) is 15.9. The fourth-order valence-corrected chi connectivity index (χ4v) is 2.32. The van der Waals surface area contributed by atoms with Gasteiger partial charge in [0.1, 0.15) is 5.01 Å². The third-order valence-corrected chi connectivity index (χ3v) is 4.82. The first kappa shape index (κ1) is 14.7. The van der Waals surface area contributed by atoms with Crippen LogP contribution < -0.4 is 5.32 Å². The molecular weight excluding hydrogens is 228 g/mol. The predicted molar refractivity (Wildman–Crippen MR) is 76.5 cm³/mol. The summed E-state index contributed by atoms with van der Waals surface area (Å²) in [5, 5.41) is 4.80. The Labute approximate surface area is 110 Å². The van der Waals surface area contributed by atoms with Crippen LogP contribution in [0, 0.1) is 11.3 Å². The molecule has 0 amide bonds. The Kier molecular flexibility index (Phi) is 5.14. The van der Waals surface area contributed by atoms with Gasteiger partial charge < -0.3 is 5.32 Å². The van der Waals surface area contributed by atoms with Crippen molar-refractivity contribution in [3.63, 3.8) is 0 Å². The lowest BCUT2D eigenvalue weighted by Gasteiger charge is -2.28. The van der Waals surface area contributed by atoms with Crippen molar-refractivity contribution in [2.24, 2.45) is 11.3 Å². The molecule has 1 aromatic rings. The van der Waals surface area contributed by atoms with Crippen molar-refractivity contribution in [2.45, 2.75) is 54.0 Å². The quantitative estimate of drug-likeness (QED) is 0.858. The number of hydrogen-bond donors (Lipinski definition) is 1. The van der Waals surface area contributed by atoms with E-state index in [1.807, 2.05) is 17.5 Å². The molecule has 1 heterocycles. The van der Waals surface area contributed by atoms with E-state index < -0.39 is 0 Å². The van der Waals surface area contributed by atoms with Gasteiger partial charge in [-0.05, 0) is 31.2 Å². The molecule has 1 rings (SSSR count). The molecule has 0 saturated heterocycles. The number of nitrogens with zero attached hydrogens (tertiary/aromatic N) is 1. The Morgan fingerprint density at radius 3 is 2.47 bits per heavy atom. The monoisotopic (exact) mass is 254 g/mol. The van der Waals surface area contributed by atoms with Gasteiger partial charge in [0.25, 0.3) is 0 Å². The minimum absolute atomic E-state index is 0.365. The molecule has 0 bridgehead atoms. The van der Waals surface area contributed by atoms with Gasteiger partial charge in [0.05, 0.1) is 6.04 Å². The number of aromatic nitrogens is 1. The number of hydrogen-bond acceptors (Lipinski definition) is 3. The van der Waals surface area contributed by atoms with Crippen LogP contribution in [0.3, 0.4) is 0 Å². The maximum absolute atomic E-state index is 4.48. The van der Waals surface area contributed by atoms with E-state index in [4.69, 9.17) is 0 Å². The zero-order valence-electron chi connectivity index (χ0n) is 12.0. The summed E-state index contributed by atoms with van der Waals surface area (Å²) in [7, 11) is 0.